The lowest BCUT2D eigenvalue weighted by Gasteiger charge is -2.15. The zero-order valence-electron chi connectivity index (χ0n) is 8.40. The maximum absolute atomic E-state index is 3.24. The van der Waals surface area contributed by atoms with E-state index in [-0.39, 0.29) is 0 Å². The zero-order chi connectivity index (χ0) is 9.80. The van der Waals surface area contributed by atoms with Crippen molar-refractivity contribution in [2.75, 3.05) is 7.05 Å². The molecule has 0 radical (unpaired) electrons. The van der Waals surface area contributed by atoms with Crippen molar-refractivity contribution in [2.24, 2.45) is 0 Å². The van der Waals surface area contributed by atoms with Crippen LogP contribution in [0.2, 0.25) is 0 Å². The fourth-order valence-electron chi connectivity index (χ4n) is 1.68. The average Bonchev–Trinajstić information content (AvgIpc) is 2.30. The minimum absolute atomic E-state index is 0.502. The molecule has 0 spiro atoms. The summed E-state index contributed by atoms with van der Waals surface area (Å²) in [6.07, 6.45) is 7.79. The quantitative estimate of drug-likeness (QED) is 0.746. The van der Waals surface area contributed by atoms with Gasteiger partial charge in [-0.1, -0.05) is 48.6 Å². The summed E-state index contributed by atoms with van der Waals surface area (Å²) in [7, 11) is 2.00. The summed E-state index contributed by atoms with van der Waals surface area (Å²) in [5.41, 5.74) is 2.63. The predicted molar refractivity (Wildman–Crippen MR) is 61.0 cm³/mol. The Balaban J connectivity index is 2.16. The summed E-state index contributed by atoms with van der Waals surface area (Å²) >= 11 is 0. The number of nitrogens with one attached hydrogen (secondary N) is 1. The third kappa shape index (κ3) is 1.94. The first kappa shape index (κ1) is 9.22. The van der Waals surface area contributed by atoms with Crippen molar-refractivity contribution in [1.29, 1.82) is 0 Å². The van der Waals surface area contributed by atoms with Crippen LogP contribution in [-0.4, -0.2) is 13.1 Å². The first-order chi connectivity index (χ1) is 6.90. The number of likely N-dealkylation sites (N-methyl/N-ethyl adjacent to an activating group) is 1. The van der Waals surface area contributed by atoms with E-state index in [2.05, 4.69) is 47.8 Å². The molecule has 14 heavy (non-hydrogen) atoms. The molecule has 1 nitrogen and oxygen atoms in total. The van der Waals surface area contributed by atoms with Gasteiger partial charge in [0.25, 0.3) is 0 Å². The molecule has 0 amide bonds. The highest BCUT2D eigenvalue weighted by Crippen LogP contribution is 2.20. The largest absolute Gasteiger partial charge is 0.313 e. The van der Waals surface area contributed by atoms with Crippen LogP contribution in [0.15, 0.2) is 48.6 Å². The minimum Gasteiger partial charge on any atom is -0.313 e. The molecule has 1 atom stereocenters. The van der Waals surface area contributed by atoms with Gasteiger partial charge in [0.05, 0.1) is 0 Å². The smallest absolute Gasteiger partial charge is 0.0285 e. The van der Waals surface area contributed by atoms with E-state index in [1.807, 2.05) is 13.1 Å². The fourth-order valence-corrected chi connectivity index (χ4v) is 1.68. The highest BCUT2D eigenvalue weighted by Gasteiger charge is 2.06. The van der Waals surface area contributed by atoms with E-state index in [4.69, 9.17) is 0 Å². The van der Waals surface area contributed by atoms with Crippen LogP contribution in [0.1, 0.15) is 12.0 Å². The molecule has 1 N–H and O–H groups in total. The maximum atomic E-state index is 3.24. The van der Waals surface area contributed by atoms with E-state index in [9.17, 15) is 0 Å². The van der Waals surface area contributed by atoms with E-state index in [0.29, 0.717) is 6.04 Å². The molecule has 1 heteroatoms. The molecule has 1 aliphatic carbocycles. The summed E-state index contributed by atoms with van der Waals surface area (Å²) in [5, 5.41) is 3.24. The van der Waals surface area contributed by atoms with Gasteiger partial charge in [-0.2, -0.15) is 0 Å². The average molecular weight is 185 g/mol. The minimum atomic E-state index is 0.502. The lowest BCUT2D eigenvalue weighted by Crippen LogP contribution is -2.23. The summed E-state index contributed by atoms with van der Waals surface area (Å²) in [5.74, 6) is 0. The van der Waals surface area contributed by atoms with Gasteiger partial charge in [0.15, 0.2) is 0 Å². The highest BCUT2D eigenvalue weighted by atomic mass is 14.9. The molecule has 0 saturated heterocycles. The number of hydrogen-bond acceptors (Lipinski definition) is 1. The van der Waals surface area contributed by atoms with Gasteiger partial charge in [-0.25, -0.2) is 0 Å². The molecule has 0 saturated carbocycles. The molecular formula is C13H15N. The van der Waals surface area contributed by atoms with Gasteiger partial charge in [0.2, 0.25) is 0 Å². The molecule has 0 bridgehead atoms. The van der Waals surface area contributed by atoms with Gasteiger partial charge in [-0.05, 0) is 24.6 Å². The van der Waals surface area contributed by atoms with E-state index in [1.165, 1.54) is 11.1 Å². The van der Waals surface area contributed by atoms with Crippen LogP contribution < -0.4 is 5.32 Å². The van der Waals surface area contributed by atoms with Gasteiger partial charge in [-0.15, -0.1) is 0 Å². The van der Waals surface area contributed by atoms with E-state index in [0.717, 1.165) is 6.42 Å². The van der Waals surface area contributed by atoms with Crippen molar-refractivity contribution in [3.05, 3.63) is 54.1 Å². The lowest BCUT2D eigenvalue weighted by molar-refractivity contribution is 0.673. The molecular weight excluding hydrogens is 170 g/mol. The number of allylic oxidation sites excluding steroid dienone is 2. The first-order valence-corrected chi connectivity index (χ1v) is 5.01. The van der Waals surface area contributed by atoms with Crippen molar-refractivity contribution >= 4 is 5.57 Å². The van der Waals surface area contributed by atoms with E-state index in [1.54, 1.807) is 0 Å². The summed E-state index contributed by atoms with van der Waals surface area (Å²) in [4.78, 5) is 0. The maximum Gasteiger partial charge on any atom is 0.0285 e. The molecule has 0 aliphatic heterocycles. The van der Waals surface area contributed by atoms with Crippen LogP contribution in [0.25, 0.3) is 5.57 Å². The molecule has 0 heterocycles. The van der Waals surface area contributed by atoms with Gasteiger partial charge in [-0.3, -0.25) is 0 Å². The Bertz CT molecular complexity index is 349. The van der Waals surface area contributed by atoms with Gasteiger partial charge in [0.1, 0.15) is 0 Å². The third-order valence-corrected chi connectivity index (χ3v) is 2.58. The Morgan fingerprint density at radius 2 is 2.00 bits per heavy atom. The fraction of sp³-hybridized carbons (Fsp3) is 0.231. The monoisotopic (exact) mass is 185 g/mol. The van der Waals surface area contributed by atoms with Gasteiger partial charge < -0.3 is 5.32 Å². The van der Waals surface area contributed by atoms with Crippen molar-refractivity contribution in [1.82, 2.24) is 5.32 Å². The SMILES string of the molecule is CN[C@@H]1C=CC(c2ccccc2)=CC1. The highest BCUT2D eigenvalue weighted by molar-refractivity contribution is 5.75. The van der Waals surface area contributed by atoms with E-state index >= 15 is 0 Å². The van der Waals surface area contributed by atoms with Crippen LogP contribution in [0.3, 0.4) is 0 Å². The summed E-state index contributed by atoms with van der Waals surface area (Å²) in [6.45, 7) is 0. The van der Waals surface area contributed by atoms with Gasteiger partial charge in [0, 0.05) is 6.04 Å². The zero-order valence-corrected chi connectivity index (χ0v) is 8.40. The number of rotatable bonds is 2. The van der Waals surface area contributed by atoms with Crippen LogP contribution in [0.4, 0.5) is 0 Å². The Labute approximate surface area is 85.2 Å². The predicted octanol–water partition coefficient (Wildman–Crippen LogP) is 2.62. The van der Waals surface area contributed by atoms with Crippen LogP contribution in [-0.2, 0) is 0 Å². The van der Waals surface area contributed by atoms with Crippen molar-refractivity contribution in [3.8, 4) is 0 Å². The molecule has 2 rings (SSSR count). The molecule has 1 aliphatic rings. The second-order valence-corrected chi connectivity index (χ2v) is 3.52. The number of hydrogen-bond donors (Lipinski definition) is 1. The molecule has 0 fully saturated rings. The molecule has 0 aromatic heterocycles. The standard InChI is InChI=1S/C13H15N/c1-14-13-9-7-12(8-10-13)11-5-3-2-4-6-11/h2-9,13-14H,10H2,1H3/t13-/m1/s1. The normalized spacial score (nSPS) is 20.6. The van der Waals surface area contributed by atoms with Crippen LogP contribution in [0, 0.1) is 0 Å². The van der Waals surface area contributed by atoms with Crippen LogP contribution >= 0.6 is 0 Å². The Morgan fingerprint density at radius 1 is 1.21 bits per heavy atom. The Morgan fingerprint density at radius 3 is 2.57 bits per heavy atom. The van der Waals surface area contributed by atoms with Gasteiger partial charge >= 0.3 is 0 Å². The summed E-state index contributed by atoms with van der Waals surface area (Å²) < 4.78 is 0. The second kappa shape index (κ2) is 4.25. The van der Waals surface area contributed by atoms with Crippen molar-refractivity contribution < 1.29 is 0 Å². The molecule has 1 aromatic rings. The topological polar surface area (TPSA) is 12.0 Å². The lowest BCUT2D eigenvalue weighted by atomic mass is 9.97. The van der Waals surface area contributed by atoms with Crippen molar-refractivity contribution in [2.45, 2.75) is 12.5 Å². The van der Waals surface area contributed by atoms with Crippen molar-refractivity contribution in [3.63, 3.8) is 0 Å². The third-order valence-electron chi connectivity index (χ3n) is 2.58. The summed E-state index contributed by atoms with van der Waals surface area (Å²) in [6, 6.07) is 11.0. The molecule has 72 valence electrons. The molecule has 1 aromatic carbocycles. The van der Waals surface area contributed by atoms with E-state index < -0.39 is 0 Å². The number of benzene rings is 1. The molecule has 0 unspecified atom stereocenters. The van der Waals surface area contributed by atoms with Crippen LogP contribution in [0.5, 0.6) is 0 Å². The Kier molecular flexibility index (Phi) is 2.80. The Hall–Kier alpha value is -1.34. The first-order valence-electron chi connectivity index (χ1n) is 5.01. The second-order valence-electron chi connectivity index (χ2n) is 3.52.